The van der Waals surface area contributed by atoms with Gasteiger partial charge in [-0.1, -0.05) is 43.0 Å². The van der Waals surface area contributed by atoms with E-state index in [1.807, 2.05) is 0 Å². The lowest BCUT2D eigenvalue weighted by molar-refractivity contribution is -0.337. The molecule has 2 saturated heterocycles. The number of benzene rings is 1. The maximum atomic E-state index is 11.6. The van der Waals surface area contributed by atoms with Crippen LogP contribution in [0.15, 0.2) is 43.0 Å². The number of ether oxygens (including phenoxy) is 2. The van der Waals surface area contributed by atoms with Crippen molar-refractivity contribution in [2.75, 3.05) is 19.8 Å². The van der Waals surface area contributed by atoms with E-state index in [1.165, 1.54) is 12.1 Å². The van der Waals surface area contributed by atoms with Crippen molar-refractivity contribution >= 4 is 0 Å². The van der Waals surface area contributed by atoms with E-state index in [-0.39, 0.29) is 12.2 Å². The largest absolute Gasteiger partial charge is 0.388 e. The van der Waals surface area contributed by atoms with E-state index < -0.39 is 66.6 Å². The average molecular weight is 428 g/mol. The number of rotatable bonds is 5. The summed E-state index contributed by atoms with van der Waals surface area (Å²) in [6.07, 6.45) is -10.3. The van der Waals surface area contributed by atoms with Gasteiger partial charge in [-0.15, -0.1) is 0 Å². The molecule has 0 spiro atoms. The van der Waals surface area contributed by atoms with Crippen LogP contribution in [0.5, 0.6) is 0 Å². The minimum atomic E-state index is -2.83. The molecule has 2 aliphatic heterocycles. The molecule has 10 nitrogen and oxygen atoms in total. The molecule has 2 aliphatic rings. The summed E-state index contributed by atoms with van der Waals surface area (Å²) in [6.45, 7) is 2.05. The summed E-state index contributed by atoms with van der Waals surface area (Å²) >= 11 is 0. The average Bonchev–Trinajstić information content (AvgIpc) is 2.75. The SMILES string of the molecule is C=CC(O)(c1ccccc1)[C@]1(O)[C@@H](C(O)[C@]2(O)COC[C@@H](O)[C@H]2O)OC[C@H](O)[C@H]1O. The van der Waals surface area contributed by atoms with Gasteiger partial charge in [0.1, 0.15) is 47.8 Å². The molecule has 2 fully saturated rings. The highest BCUT2D eigenvalue weighted by atomic mass is 16.6. The second kappa shape index (κ2) is 8.24. The van der Waals surface area contributed by atoms with Crippen molar-refractivity contribution in [3.63, 3.8) is 0 Å². The monoisotopic (exact) mass is 428 g/mol. The quantitative estimate of drug-likeness (QED) is 0.222. The Labute approximate surface area is 172 Å². The predicted molar refractivity (Wildman–Crippen MR) is 101 cm³/mol. The van der Waals surface area contributed by atoms with E-state index in [4.69, 9.17) is 9.47 Å². The Balaban J connectivity index is 2.11. The third kappa shape index (κ3) is 3.30. The topological polar surface area (TPSA) is 180 Å². The van der Waals surface area contributed by atoms with Gasteiger partial charge in [0, 0.05) is 0 Å². The lowest BCUT2D eigenvalue weighted by Crippen LogP contribution is -2.78. The highest BCUT2D eigenvalue weighted by Crippen LogP contribution is 2.46. The third-order valence-corrected chi connectivity index (χ3v) is 6.11. The van der Waals surface area contributed by atoms with Gasteiger partial charge in [-0.25, -0.2) is 0 Å². The molecule has 3 rings (SSSR count). The van der Waals surface area contributed by atoms with Crippen molar-refractivity contribution in [1.29, 1.82) is 0 Å². The van der Waals surface area contributed by atoms with Crippen LogP contribution in [-0.2, 0) is 15.1 Å². The molecular weight excluding hydrogens is 400 g/mol. The molecule has 1 aromatic carbocycles. The molecule has 9 atom stereocenters. The lowest BCUT2D eigenvalue weighted by atomic mass is 9.65. The van der Waals surface area contributed by atoms with E-state index in [9.17, 15) is 40.9 Å². The van der Waals surface area contributed by atoms with Crippen LogP contribution >= 0.6 is 0 Å². The zero-order valence-electron chi connectivity index (χ0n) is 16.2. The normalized spacial score (nSPS) is 42.9. The van der Waals surface area contributed by atoms with Crippen LogP contribution < -0.4 is 0 Å². The standard InChI is InChI=1S/C20H28O10/c1-2-19(27,11-6-4-3-5-7-11)20(28)15(24)13(22)9-30-17(20)16(25)18(26)10-29-8-12(21)14(18)23/h2-7,12-17,21-28H,1,8-10H2/t12-,13+,14-,15-,16?,17-,18+,19?,20-/m1/s1. The Kier molecular flexibility index (Phi) is 6.38. The molecule has 1 aromatic rings. The number of hydrogen-bond donors (Lipinski definition) is 8. The molecule has 168 valence electrons. The van der Waals surface area contributed by atoms with Crippen molar-refractivity contribution in [3.05, 3.63) is 48.6 Å². The van der Waals surface area contributed by atoms with Crippen LogP contribution in [0.3, 0.4) is 0 Å². The highest BCUT2D eigenvalue weighted by molar-refractivity contribution is 5.35. The minimum absolute atomic E-state index is 0.0592. The second-order valence-electron chi connectivity index (χ2n) is 7.89. The summed E-state index contributed by atoms with van der Waals surface area (Å²) < 4.78 is 10.4. The van der Waals surface area contributed by atoms with Gasteiger partial charge < -0.3 is 50.3 Å². The van der Waals surface area contributed by atoms with Crippen molar-refractivity contribution in [2.24, 2.45) is 0 Å². The summed E-state index contributed by atoms with van der Waals surface area (Å²) in [4.78, 5) is 0. The van der Waals surface area contributed by atoms with Crippen LogP contribution in [0.4, 0.5) is 0 Å². The van der Waals surface area contributed by atoms with E-state index in [2.05, 4.69) is 6.58 Å². The van der Waals surface area contributed by atoms with E-state index in [0.717, 1.165) is 6.08 Å². The first-order chi connectivity index (χ1) is 14.0. The van der Waals surface area contributed by atoms with Gasteiger partial charge in [-0.2, -0.15) is 0 Å². The molecule has 2 unspecified atom stereocenters. The highest BCUT2D eigenvalue weighted by Gasteiger charge is 2.67. The number of aliphatic hydroxyl groups is 8. The van der Waals surface area contributed by atoms with Gasteiger partial charge >= 0.3 is 0 Å². The molecule has 0 aromatic heterocycles. The molecule has 0 amide bonds. The number of aliphatic hydroxyl groups excluding tert-OH is 5. The molecular formula is C20H28O10. The first-order valence-corrected chi connectivity index (χ1v) is 9.50. The van der Waals surface area contributed by atoms with Gasteiger partial charge in [0.15, 0.2) is 5.60 Å². The van der Waals surface area contributed by atoms with Crippen LogP contribution in [0, 0.1) is 0 Å². The molecule has 10 heteroatoms. The van der Waals surface area contributed by atoms with Gasteiger partial charge in [0.2, 0.25) is 0 Å². The zero-order valence-corrected chi connectivity index (χ0v) is 16.2. The molecule has 30 heavy (non-hydrogen) atoms. The first kappa shape index (κ1) is 23.2. The van der Waals surface area contributed by atoms with Crippen LogP contribution in [0.1, 0.15) is 5.56 Å². The smallest absolute Gasteiger partial charge is 0.158 e. The molecule has 2 heterocycles. The van der Waals surface area contributed by atoms with Crippen molar-refractivity contribution < 1.29 is 50.3 Å². The predicted octanol–water partition coefficient (Wildman–Crippen LogP) is -3.24. The Morgan fingerprint density at radius 3 is 2.23 bits per heavy atom. The Morgan fingerprint density at radius 1 is 1.03 bits per heavy atom. The zero-order chi connectivity index (χ0) is 22.3. The van der Waals surface area contributed by atoms with Gasteiger partial charge in [0.25, 0.3) is 0 Å². The summed E-state index contributed by atoms with van der Waals surface area (Å²) in [7, 11) is 0. The summed E-state index contributed by atoms with van der Waals surface area (Å²) in [5.41, 5.74) is -7.75. The fourth-order valence-corrected chi connectivity index (χ4v) is 4.24. The van der Waals surface area contributed by atoms with Crippen molar-refractivity contribution in [3.8, 4) is 0 Å². The number of hydrogen-bond acceptors (Lipinski definition) is 10. The van der Waals surface area contributed by atoms with Crippen LogP contribution in [-0.4, -0.2) is 108 Å². The fraction of sp³-hybridized carbons (Fsp3) is 0.600. The Bertz CT molecular complexity index is 746. The summed E-state index contributed by atoms with van der Waals surface area (Å²) in [5, 5.41) is 85.9. The third-order valence-electron chi connectivity index (χ3n) is 6.11. The summed E-state index contributed by atoms with van der Waals surface area (Å²) in [5.74, 6) is 0. The van der Waals surface area contributed by atoms with Crippen LogP contribution in [0.25, 0.3) is 0 Å². The van der Waals surface area contributed by atoms with Gasteiger partial charge in [0.05, 0.1) is 19.8 Å². The van der Waals surface area contributed by atoms with Crippen LogP contribution in [0.2, 0.25) is 0 Å². The Morgan fingerprint density at radius 2 is 1.63 bits per heavy atom. The first-order valence-electron chi connectivity index (χ1n) is 9.50. The molecule has 0 aliphatic carbocycles. The molecule has 0 saturated carbocycles. The maximum absolute atomic E-state index is 11.6. The second-order valence-corrected chi connectivity index (χ2v) is 7.89. The molecule has 0 radical (unpaired) electrons. The lowest BCUT2D eigenvalue weighted by Gasteiger charge is -2.56. The maximum Gasteiger partial charge on any atom is 0.158 e. The minimum Gasteiger partial charge on any atom is -0.388 e. The van der Waals surface area contributed by atoms with Gasteiger partial charge in [-0.05, 0) is 5.56 Å². The van der Waals surface area contributed by atoms with E-state index in [0.29, 0.717) is 0 Å². The van der Waals surface area contributed by atoms with Gasteiger partial charge in [-0.3, -0.25) is 0 Å². The summed E-state index contributed by atoms with van der Waals surface area (Å²) in [6, 6.07) is 7.59. The van der Waals surface area contributed by atoms with Crippen molar-refractivity contribution in [1.82, 2.24) is 0 Å². The van der Waals surface area contributed by atoms with E-state index >= 15 is 0 Å². The molecule has 8 N–H and O–H groups in total. The Hall–Kier alpha value is -1.44. The van der Waals surface area contributed by atoms with Crippen molar-refractivity contribution in [2.45, 2.75) is 53.4 Å². The molecule has 0 bridgehead atoms. The fourth-order valence-electron chi connectivity index (χ4n) is 4.24. The van der Waals surface area contributed by atoms with E-state index in [1.54, 1.807) is 18.2 Å².